The molecule has 7 heteroatoms. The van der Waals surface area contributed by atoms with Gasteiger partial charge in [0, 0.05) is 12.1 Å². The molecule has 0 amide bonds. The smallest absolute Gasteiger partial charge is 0.242 e. The van der Waals surface area contributed by atoms with Crippen LogP contribution < -0.4 is 10.0 Å². The van der Waals surface area contributed by atoms with Crippen molar-refractivity contribution < 1.29 is 8.42 Å². The first kappa shape index (κ1) is 17.9. The lowest BCUT2D eigenvalue weighted by atomic mass is 10.0. The molecule has 1 saturated heterocycles. The zero-order valence-electron chi connectivity index (χ0n) is 12.1. The molecule has 116 valence electrons. The van der Waals surface area contributed by atoms with Gasteiger partial charge in [0.15, 0.2) is 0 Å². The molecule has 0 bridgehead atoms. The minimum absolute atomic E-state index is 0. The standard InChI is InChI=1S/C14H19N3O2S.ClH/c1-10-5-3-7-14(12(10)9-15)20(18,19)17-13-6-4-8-16-11(13)2;/h3,5,7,11,13,16-17H,4,6,8H2,1-2H3;1H. The number of sulfonamides is 1. The monoisotopic (exact) mass is 329 g/mol. The summed E-state index contributed by atoms with van der Waals surface area (Å²) in [5.74, 6) is 0. The number of benzene rings is 1. The highest BCUT2D eigenvalue weighted by Crippen LogP contribution is 2.20. The fourth-order valence-electron chi connectivity index (χ4n) is 2.48. The molecule has 1 aliphatic rings. The molecule has 1 fully saturated rings. The average Bonchev–Trinajstić information content (AvgIpc) is 2.41. The number of halogens is 1. The molecule has 0 aromatic heterocycles. The highest BCUT2D eigenvalue weighted by Gasteiger charge is 2.28. The Labute approximate surface area is 132 Å². The van der Waals surface area contributed by atoms with Crippen LogP contribution in [-0.4, -0.2) is 27.0 Å². The van der Waals surface area contributed by atoms with E-state index in [0.717, 1.165) is 19.4 Å². The minimum atomic E-state index is -3.67. The molecule has 0 radical (unpaired) electrons. The number of aryl methyl sites for hydroxylation is 1. The fourth-order valence-corrected chi connectivity index (χ4v) is 4.06. The van der Waals surface area contributed by atoms with Gasteiger partial charge in [-0.3, -0.25) is 0 Å². The van der Waals surface area contributed by atoms with Gasteiger partial charge in [-0.2, -0.15) is 5.26 Å². The normalized spacial score (nSPS) is 22.1. The van der Waals surface area contributed by atoms with Crippen LogP contribution in [0.2, 0.25) is 0 Å². The third kappa shape index (κ3) is 3.95. The summed E-state index contributed by atoms with van der Waals surface area (Å²) in [5, 5.41) is 12.4. The summed E-state index contributed by atoms with van der Waals surface area (Å²) in [5.41, 5.74) is 0.890. The van der Waals surface area contributed by atoms with Crippen LogP contribution >= 0.6 is 12.4 Å². The Morgan fingerprint density at radius 2 is 2.14 bits per heavy atom. The van der Waals surface area contributed by atoms with Crippen molar-refractivity contribution in [2.75, 3.05) is 6.54 Å². The summed E-state index contributed by atoms with van der Waals surface area (Å²) in [6, 6.07) is 6.82. The van der Waals surface area contributed by atoms with E-state index in [-0.39, 0.29) is 34.9 Å². The van der Waals surface area contributed by atoms with Crippen LogP contribution in [0.25, 0.3) is 0 Å². The van der Waals surface area contributed by atoms with Crippen LogP contribution in [0.1, 0.15) is 30.9 Å². The van der Waals surface area contributed by atoms with Gasteiger partial charge in [-0.15, -0.1) is 12.4 Å². The van der Waals surface area contributed by atoms with Crippen molar-refractivity contribution in [3.63, 3.8) is 0 Å². The Morgan fingerprint density at radius 1 is 1.43 bits per heavy atom. The molecule has 2 N–H and O–H groups in total. The van der Waals surface area contributed by atoms with Crippen molar-refractivity contribution in [2.24, 2.45) is 0 Å². The first-order valence-electron chi connectivity index (χ1n) is 6.71. The highest BCUT2D eigenvalue weighted by molar-refractivity contribution is 7.89. The summed E-state index contributed by atoms with van der Waals surface area (Å²) in [6.45, 7) is 4.61. The number of nitrogens with zero attached hydrogens (tertiary/aromatic N) is 1. The summed E-state index contributed by atoms with van der Waals surface area (Å²) < 4.78 is 27.7. The molecule has 1 aliphatic heterocycles. The third-order valence-corrected chi connectivity index (χ3v) is 5.24. The molecule has 0 saturated carbocycles. The van der Waals surface area contributed by atoms with Crippen molar-refractivity contribution in [1.29, 1.82) is 5.26 Å². The van der Waals surface area contributed by atoms with E-state index >= 15 is 0 Å². The van der Waals surface area contributed by atoms with E-state index in [0.29, 0.717) is 5.56 Å². The number of nitriles is 1. The van der Waals surface area contributed by atoms with Crippen molar-refractivity contribution in [3.05, 3.63) is 29.3 Å². The van der Waals surface area contributed by atoms with E-state index in [9.17, 15) is 8.42 Å². The predicted molar refractivity (Wildman–Crippen MR) is 84.0 cm³/mol. The lowest BCUT2D eigenvalue weighted by molar-refractivity contribution is 0.349. The van der Waals surface area contributed by atoms with Crippen LogP contribution in [0, 0.1) is 18.3 Å². The van der Waals surface area contributed by atoms with Gasteiger partial charge < -0.3 is 5.32 Å². The molecular weight excluding hydrogens is 310 g/mol. The second kappa shape index (κ2) is 7.23. The Balaban J connectivity index is 0.00000220. The molecule has 1 aromatic rings. The van der Waals surface area contributed by atoms with Gasteiger partial charge in [0.05, 0.1) is 5.56 Å². The van der Waals surface area contributed by atoms with E-state index in [1.54, 1.807) is 19.1 Å². The van der Waals surface area contributed by atoms with Gasteiger partial charge in [0.2, 0.25) is 10.0 Å². The molecule has 0 spiro atoms. The van der Waals surface area contributed by atoms with E-state index in [4.69, 9.17) is 5.26 Å². The SMILES string of the molecule is Cc1cccc(S(=O)(=O)NC2CCCNC2C)c1C#N.Cl. The zero-order valence-corrected chi connectivity index (χ0v) is 13.7. The number of piperidine rings is 1. The third-order valence-electron chi connectivity index (χ3n) is 3.70. The molecule has 2 unspecified atom stereocenters. The second-order valence-electron chi connectivity index (χ2n) is 5.17. The van der Waals surface area contributed by atoms with Gasteiger partial charge in [-0.05, 0) is 44.9 Å². The largest absolute Gasteiger partial charge is 0.313 e. The topological polar surface area (TPSA) is 82.0 Å². The van der Waals surface area contributed by atoms with Crippen molar-refractivity contribution in [2.45, 2.75) is 43.7 Å². The highest BCUT2D eigenvalue weighted by atomic mass is 35.5. The van der Waals surface area contributed by atoms with Gasteiger partial charge in [0.1, 0.15) is 11.0 Å². The quantitative estimate of drug-likeness (QED) is 0.884. The summed E-state index contributed by atoms with van der Waals surface area (Å²) in [4.78, 5) is 0.0674. The van der Waals surface area contributed by atoms with E-state index in [1.807, 2.05) is 13.0 Å². The Hall–Kier alpha value is -1.13. The number of nitrogens with one attached hydrogen (secondary N) is 2. The van der Waals surface area contributed by atoms with E-state index in [1.165, 1.54) is 6.07 Å². The first-order chi connectivity index (χ1) is 9.45. The van der Waals surface area contributed by atoms with Crippen molar-refractivity contribution in [3.8, 4) is 6.07 Å². The van der Waals surface area contributed by atoms with E-state index < -0.39 is 10.0 Å². The lowest BCUT2D eigenvalue weighted by Crippen LogP contribution is -2.51. The number of hydrogen-bond acceptors (Lipinski definition) is 4. The maximum absolute atomic E-state index is 12.5. The fraction of sp³-hybridized carbons (Fsp3) is 0.500. The Bertz CT molecular complexity index is 640. The molecule has 5 nitrogen and oxygen atoms in total. The van der Waals surface area contributed by atoms with Crippen LogP contribution in [0.15, 0.2) is 23.1 Å². The lowest BCUT2D eigenvalue weighted by Gasteiger charge is -2.30. The summed E-state index contributed by atoms with van der Waals surface area (Å²) in [6.07, 6.45) is 1.75. The van der Waals surface area contributed by atoms with Gasteiger partial charge in [-0.1, -0.05) is 12.1 Å². The molecule has 21 heavy (non-hydrogen) atoms. The van der Waals surface area contributed by atoms with Crippen LogP contribution in [-0.2, 0) is 10.0 Å². The van der Waals surface area contributed by atoms with Crippen LogP contribution in [0.5, 0.6) is 0 Å². The Morgan fingerprint density at radius 3 is 2.76 bits per heavy atom. The average molecular weight is 330 g/mol. The Kier molecular flexibility index (Phi) is 6.17. The minimum Gasteiger partial charge on any atom is -0.313 e. The first-order valence-corrected chi connectivity index (χ1v) is 8.19. The molecule has 1 heterocycles. The number of hydrogen-bond donors (Lipinski definition) is 2. The second-order valence-corrected chi connectivity index (χ2v) is 6.86. The number of rotatable bonds is 3. The van der Waals surface area contributed by atoms with Gasteiger partial charge in [0.25, 0.3) is 0 Å². The molecular formula is C14H20ClN3O2S. The van der Waals surface area contributed by atoms with Gasteiger partial charge in [-0.25, -0.2) is 13.1 Å². The predicted octanol–water partition coefficient (Wildman–Crippen LogP) is 1.71. The van der Waals surface area contributed by atoms with E-state index in [2.05, 4.69) is 10.0 Å². The molecule has 1 aromatic carbocycles. The molecule has 2 rings (SSSR count). The van der Waals surface area contributed by atoms with Crippen molar-refractivity contribution in [1.82, 2.24) is 10.0 Å². The van der Waals surface area contributed by atoms with Crippen LogP contribution in [0.4, 0.5) is 0 Å². The van der Waals surface area contributed by atoms with Crippen LogP contribution in [0.3, 0.4) is 0 Å². The summed E-state index contributed by atoms with van der Waals surface area (Å²) >= 11 is 0. The molecule has 2 atom stereocenters. The molecule has 0 aliphatic carbocycles. The maximum Gasteiger partial charge on any atom is 0.242 e. The maximum atomic E-state index is 12.5. The van der Waals surface area contributed by atoms with Crippen molar-refractivity contribution >= 4 is 22.4 Å². The summed E-state index contributed by atoms with van der Waals surface area (Å²) in [7, 11) is -3.67. The zero-order chi connectivity index (χ0) is 14.8. The van der Waals surface area contributed by atoms with Gasteiger partial charge >= 0.3 is 0 Å².